The maximum Gasteiger partial charge on any atom is 0.223 e. The molecule has 2 nitrogen and oxygen atoms in total. The van der Waals surface area contributed by atoms with Crippen LogP contribution in [0, 0.1) is 17.8 Å². The summed E-state index contributed by atoms with van der Waals surface area (Å²) in [5.74, 6) is 2.43. The molecule has 2 saturated carbocycles. The third-order valence-corrected chi connectivity index (χ3v) is 3.95. The summed E-state index contributed by atoms with van der Waals surface area (Å²) >= 11 is 0. The van der Waals surface area contributed by atoms with Crippen molar-refractivity contribution >= 4 is 5.91 Å². The zero-order chi connectivity index (χ0) is 11.1. The summed E-state index contributed by atoms with van der Waals surface area (Å²) in [6.45, 7) is 6.42. The van der Waals surface area contributed by atoms with Gasteiger partial charge in [0.1, 0.15) is 0 Å². The molecule has 2 unspecified atom stereocenters. The fraction of sp³-hybridized carbons (Fsp3) is 0.923. The molecule has 0 aromatic heterocycles. The topological polar surface area (TPSA) is 29.1 Å². The minimum absolute atomic E-state index is 0.0153. The first kappa shape index (κ1) is 11.0. The van der Waals surface area contributed by atoms with Gasteiger partial charge in [0.25, 0.3) is 0 Å². The van der Waals surface area contributed by atoms with Gasteiger partial charge in [0.2, 0.25) is 5.91 Å². The molecule has 15 heavy (non-hydrogen) atoms. The monoisotopic (exact) mass is 209 g/mol. The van der Waals surface area contributed by atoms with Gasteiger partial charge in [-0.2, -0.15) is 0 Å². The Morgan fingerprint density at radius 3 is 2.40 bits per heavy atom. The molecule has 1 N–H and O–H groups in total. The van der Waals surface area contributed by atoms with Gasteiger partial charge in [0, 0.05) is 11.5 Å². The minimum Gasteiger partial charge on any atom is -0.351 e. The molecule has 0 saturated heterocycles. The summed E-state index contributed by atoms with van der Waals surface area (Å²) in [5.41, 5.74) is -0.0153. The van der Waals surface area contributed by atoms with E-state index in [4.69, 9.17) is 0 Å². The maximum absolute atomic E-state index is 12.0. The first-order chi connectivity index (χ1) is 7.02. The van der Waals surface area contributed by atoms with Crippen LogP contribution in [0.15, 0.2) is 0 Å². The van der Waals surface area contributed by atoms with Crippen LogP contribution >= 0.6 is 0 Å². The highest BCUT2D eigenvalue weighted by molar-refractivity contribution is 5.79. The molecule has 2 atom stereocenters. The molecular formula is C13H23NO. The van der Waals surface area contributed by atoms with Crippen molar-refractivity contribution in [3.63, 3.8) is 0 Å². The molecule has 0 heterocycles. The third kappa shape index (κ3) is 2.53. The van der Waals surface area contributed by atoms with Crippen LogP contribution in [0.5, 0.6) is 0 Å². The molecule has 2 heteroatoms. The summed E-state index contributed by atoms with van der Waals surface area (Å²) in [6.07, 6.45) is 5.89. The molecule has 0 bridgehead atoms. The highest BCUT2D eigenvalue weighted by Crippen LogP contribution is 2.54. The van der Waals surface area contributed by atoms with Crippen molar-refractivity contribution in [3.8, 4) is 0 Å². The van der Waals surface area contributed by atoms with Crippen molar-refractivity contribution in [1.29, 1.82) is 0 Å². The Labute approximate surface area is 92.8 Å². The van der Waals surface area contributed by atoms with E-state index in [9.17, 15) is 4.79 Å². The number of amides is 1. The van der Waals surface area contributed by atoms with Crippen LogP contribution in [-0.4, -0.2) is 11.4 Å². The molecule has 0 aliphatic heterocycles. The number of carbonyl (C=O) groups excluding carboxylic acids is 1. The lowest BCUT2D eigenvalue weighted by Gasteiger charge is -2.27. The highest BCUT2D eigenvalue weighted by atomic mass is 16.2. The van der Waals surface area contributed by atoms with Gasteiger partial charge in [-0.15, -0.1) is 0 Å². The molecule has 2 rings (SSSR count). The van der Waals surface area contributed by atoms with Gasteiger partial charge >= 0.3 is 0 Å². The van der Waals surface area contributed by atoms with Crippen LogP contribution in [0.3, 0.4) is 0 Å². The second-order valence-electron chi connectivity index (χ2n) is 6.05. The number of fused-ring (bicyclic) bond motifs is 1. The summed E-state index contributed by atoms with van der Waals surface area (Å²) in [5, 5.41) is 3.20. The van der Waals surface area contributed by atoms with Crippen LogP contribution in [0.25, 0.3) is 0 Å². The Balaban J connectivity index is 1.81. The number of nitrogens with one attached hydrogen (secondary N) is 1. The molecular weight excluding hydrogens is 186 g/mol. The first-order valence-corrected chi connectivity index (χ1v) is 6.34. The highest BCUT2D eigenvalue weighted by Gasteiger charge is 2.48. The predicted molar refractivity (Wildman–Crippen MR) is 61.5 cm³/mol. The Bertz CT molecular complexity index is 249. The molecule has 2 aliphatic carbocycles. The van der Waals surface area contributed by atoms with Crippen molar-refractivity contribution in [2.24, 2.45) is 17.8 Å². The summed E-state index contributed by atoms with van der Waals surface area (Å²) in [4.78, 5) is 12.0. The van der Waals surface area contributed by atoms with E-state index in [2.05, 4.69) is 26.1 Å². The zero-order valence-electron chi connectivity index (χ0n) is 10.2. The lowest BCUT2D eigenvalue weighted by atomic mass is 9.96. The van der Waals surface area contributed by atoms with Crippen molar-refractivity contribution in [2.75, 3.05) is 0 Å². The number of carbonyl (C=O) groups is 1. The average molecular weight is 209 g/mol. The maximum atomic E-state index is 12.0. The molecule has 2 aliphatic rings. The zero-order valence-corrected chi connectivity index (χ0v) is 10.2. The molecule has 2 fully saturated rings. The number of hydrogen-bond donors (Lipinski definition) is 1. The smallest absolute Gasteiger partial charge is 0.223 e. The number of hydrogen-bond acceptors (Lipinski definition) is 1. The van der Waals surface area contributed by atoms with E-state index >= 15 is 0 Å². The standard InChI is InChI=1S/C13H23NO/c1-4-5-13(2,3)14-12(15)11-7-9-6-10(9)8-11/h9-11H,4-8H2,1-3H3,(H,14,15). The quantitative estimate of drug-likeness (QED) is 0.758. The van der Waals surface area contributed by atoms with Gasteiger partial charge in [-0.05, 0) is 51.4 Å². The van der Waals surface area contributed by atoms with Gasteiger partial charge in [0.15, 0.2) is 0 Å². The average Bonchev–Trinajstić information content (AvgIpc) is 2.72. The first-order valence-electron chi connectivity index (χ1n) is 6.34. The second-order valence-corrected chi connectivity index (χ2v) is 6.05. The van der Waals surface area contributed by atoms with Crippen molar-refractivity contribution in [2.45, 2.75) is 58.4 Å². The molecule has 86 valence electrons. The SMILES string of the molecule is CCCC(C)(C)NC(=O)C1CC2CC2C1. The van der Waals surface area contributed by atoms with Crippen LogP contribution < -0.4 is 5.32 Å². The van der Waals surface area contributed by atoms with Crippen molar-refractivity contribution in [1.82, 2.24) is 5.32 Å². The Kier molecular flexibility index (Phi) is 2.78. The van der Waals surface area contributed by atoms with E-state index in [-0.39, 0.29) is 5.54 Å². The summed E-state index contributed by atoms with van der Waals surface area (Å²) < 4.78 is 0. The van der Waals surface area contributed by atoms with E-state index in [1.165, 1.54) is 6.42 Å². The van der Waals surface area contributed by atoms with Gasteiger partial charge < -0.3 is 5.32 Å². The molecule has 0 spiro atoms. The van der Waals surface area contributed by atoms with Crippen molar-refractivity contribution < 1.29 is 4.79 Å². The largest absolute Gasteiger partial charge is 0.351 e. The minimum atomic E-state index is -0.0153. The van der Waals surface area contributed by atoms with Crippen LogP contribution in [0.4, 0.5) is 0 Å². The summed E-state index contributed by atoms with van der Waals surface area (Å²) in [7, 11) is 0. The van der Waals surface area contributed by atoms with E-state index in [0.29, 0.717) is 11.8 Å². The van der Waals surface area contributed by atoms with Crippen LogP contribution in [0.2, 0.25) is 0 Å². The summed E-state index contributed by atoms with van der Waals surface area (Å²) in [6, 6.07) is 0. The van der Waals surface area contributed by atoms with E-state index in [0.717, 1.165) is 37.5 Å². The Hall–Kier alpha value is -0.530. The van der Waals surface area contributed by atoms with E-state index < -0.39 is 0 Å². The Morgan fingerprint density at radius 1 is 1.27 bits per heavy atom. The molecule has 0 aromatic rings. The lowest BCUT2D eigenvalue weighted by molar-refractivity contribution is -0.126. The lowest BCUT2D eigenvalue weighted by Crippen LogP contribution is -2.45. The number of rotatable bonds is 4. The van der Waals surface area contributed by atoms with Gasteiger partial charge in [0.05, 0.1) is 0 Å². The normalized spacial score (nSPS) is 33.7. The third-order valence-electron chi connectivity index (χ3n) is 3.95. The molecule has 1 amide bonds. The molecule has 0 radical (unpaired) electrons. The van der Waals surface area contributed by atoms with Crippen LogP contribution in [-0.2, 0) is 4.79 Å². The Morgan fingerprint density at radius 2 is 1.87 bits per heavy atom. The van der Waals surface area contributed by atoms with Gasteiger partial charge in [-0.3, -0.25) is 4.79 Å². The predicted octanol–water partition coefficient (Wildman–Crippen LogP) is 2.73. The van der Waals surface area contributed by atoms with Crippen molar-refractivity contribution in [3.05, 3.63) is 0 Å². The van der Waals surface area contributed by atoms with Gasteiger partial charge in [-0.25, -0.2) is 0 Å². The fourth-order valence-electron chi connectivity index (χ4n) is 3.05. The van der Waals surface area contributed by atoms with E-state index in [1.54, 1.807) is 0 Å². The fourth-order valence-corrected chi connectivity index (χ4v) is 3.05. The van der Waals surface area contributed by atoms with E-state index in [1.807, 2.05) is 0 Å². The second kappa shape index (κ2) is 3.80. The molecule has 0 aromatic carbocycles. The van der Waals surface area contributed by atoms with Crippen LogP contribution in [0.1, 0.15) is 52.9 Å². The van der Waals surface area contributed by atoms with Gasteiger partial charge in [-0.1, -0.05) is 13.3 Å².